The number of rotatable bonds is 13. The molecule has 0 aliphatic heterocycles. The maximum atomic E-state index is 10.6. The number of carbonyl (C=O) groups is 2. The minimum absolute atomic E-state index is 0.225. The molecule has 0 atom stereocenters. The van der Waals surface area contributed by atoms with E-state index in [0.29, 0.717) is 0 Å². The Kier molecular flexibility index (Phi) is 20.9. The molecule has 5 heteroatoms. The third kappa shape index (κ3) is 25.8. The second-order valence-electron chi connectivity index (χ2n) is 6.67. The van der Waals surface area contributed by atoms with Crippen LogP contribution >= 0.6 is 0 Å². The maximum absolute atomic E-state index is 10.6. The standard InChI is InChI=1S/C16H30O4.C3H9N/c1-2-3-4-5-6-7-8-9-10-11-12-13-14-20-16(19)15(17)18;1-4(2)3/h2-14H2,1H3,(H,17,18);1-3H3. The zero-order valence-corrected chi connectivity index (χ0v) is 16.3. The molecule has 0 saturated carbocycles. The molecule has 0 fully saturated rings. The molecule has 0 bridgehead atoms. The molecule has 0 aromatic heterocycles. The number of nitrogens with zero attached hydrogens (tertiary/aromatic N) is 1. The first-order valence-electron chi connectivity index (χ1n) is 9.42. The van der Waals surface area contributed by atoms with Gasteiger partial charge in [-0.3, -0.25) is 0 Å². The first-order chi connectivity index (χ1) is 11.4. The quantitative estimate of drug-likeness (QED) is 0.302. The average molecular weight is 346 g/mol. The molecule has 0 amide bonds. The molecule has 0 rings (SSSR count). The van der Waals surface area contributed by atoms with Crippen LogP contribution in [-0.2, 0) is 14.3 Å². The van der Waals surface area contributed by atoms with Crippen LogP contribution in [0.1, 0.15) is 84.0 Å². The van der Waals surface area contributed by atoms with Crippen LogP contribution in [0.4, 0.5) is 0 Å². The number of esters is 1. The SMILES string of the molecule is CCCCCCCCCCCCCCOC(=O)C(=O)O.CN(C)C. The molecule has 0 heterocycles. The monoisotopic (exact) mass is 345 g/mol. The van der Waals surface area contributed by atoms with Gasteiger partial charge < -0.3 is 14.7 Å². The van der Waals surface area contributed by atoms with Gasteiger partial charge in [-0.05, 0) is 27.6 Å². The number of hydrogen-bond acceptors (Lipinski definition) is 4. The summed E-state index contributed by atoms with van der Waals surface area (Å²) < 4.78 is 4.56. The van der Waals surface area contributed by atoms with Gasteiger partial charge in [0.2, 0.25) is 0 Å². The molecule has 144 valence electrons. The normalized spacial score (nSPS) is 10.2. The first kappa shape index (κ1) is 25.1. The average Bonchev–Trinajstić information content (AvgIpc) is 2.51. The lowest BCUT2D eigenvalue weighted by molar-refractivity contribution is -0.163. The Bertz CT molecular complexity index is 290. The summed E-state index contributed by atoms with van der Waals surface area (Å²) in [6.07, 6.45) is 14.9. The van der Waals surface area contributed by atoms with Gasteiger partial charge in [-0.2, -0.15) is 0 Å². The Morgan fingerprint density at radius 1 is 0.750 bits per heavy atom. The van der Waals surface area contributed by atoms with E-state index >= 15 is 0 Å². The number of aliphatic carboxylic acids is 1. The molecule has 0 unspecified atom stereocenters. The molecule has 24 heavy (non-hydrogen) atoms. The highest BCUT2D eigenvalue weighted by Gasteiger charge is 2.11. The van der Waals surface area contributed by atoms with Crippen molar-refractivity contribution in [2.75, 3.05) is 27.7 Å². The molecule has 0 spiro atoms. The summed E-state index contributed by atoms with van der Waals surface area (Å²) in [5, 5.41) is 8.30. The first-order valence-corrected chi connectivity index (χ1v) is 9.42. The summed E-state index contributed by atoms with van der Waals surface area (Å²) in [4.78, 5) is 22.8. The van der Waals surface area contributed by atoms with E-state index in [1.54, 1.807) is 0 Å². The molecule has 0 aliphatic rings. The largest absolute Gasteiger partial charge is 0.473 e. The highest BCUT2D eigenvalue weighted by molar-refractivity contribution is 6.28. The number of ether oxygens (including phenoxy) is 1. The zero-order chi connectivity index (χ0) is 18.6. The van der Waals surface area contributed by atoms with E-state index in [-0.39, 0.29) is 6.61 Å². The minimum Gasteiger partial charge on any atom is -0.473 e. The molecule has 0 aliphatic carbocycles. The van der Waals surface area contributed by atoms with Crippen LogP contribution in [0.3, 0.4) is 0 Å². The number of carboxylic acids is 1. The summed E-state index contributed by atoms with van der Waals surface area (Å²) in [5.41, 5.74) is 0. The Morgan fingerprint density at radius 3 is 1.42 bits per heavy atom. The van der Waals surface area contributed by atoms with E-state index in [4.69, 9.17) is 5.11 Å². The van der Waals surface area contributed by atoms with Gasteiger partial charge in [0, 0.05) is 0 Å². The van der Waals surface area contributed by atoms with Crippen molar-refractivity contribution in [3.05, 3.63) is 0 Å². The van der Waals surface area contributed by atoms with Crippen molar-refractivity contribution in [2.45, 2.75) is 84.0 Å². The Hall–Kier alpha value is -1.10. The van der Waals surface area contributed by atoms with Gasteiger partial charge in [-0.25, -0.2) is 9.59 Å². The lowest BCUT2D eigenvalue weighted by Crippen LogP contribution is -2.16. The topological polar surface area (TPSA) is 66.8 Å². The van der Waals surface area contributed by atoms with E-state index < -0.39 is 11.9 Å². The van der Waals surface area contributed by atoms with E-state index in [2.05, 4.69) is 11.7 Å². The molecule has 0 radical (unpaired) electrons. The van der Waals surface area contributed by atoms with Crippen LogP contribution in [0.15, 0.2) is 0 Å². The van der Waals surface area contributed by atoms with Crippen LogP contribution in [0.25, 0.3) is 0 Å². The predicted molar refractivity (Wildman–Crippen MR) is 99.3 cm³/mol. The molecular weight excluding hydrogens is 306 g/mol. The van der Waals surface area contributed by atoms with Crippen LogP contribution in [0, 0.1) is 0 Å². The van der Waals surface area contributed by atoms with Crippen molar-refractivity contribution in [2.24, 2.45) is 0 Å². The van der Waals surface area contributed by atoms with E-state index in [9.17, 15) is 9.59 Å². The predicted octanol–water partition coefficient (Wildman–Crippen LogP) is 4.49. The molecule has 0 aromatic rings. The fourth-order valence-corrected chi connectivity index (χ4v) is 2.17. The van der Waals surface area contributed by atoms with Crippen molar-refractivity contribution in [3.63, 3.8) is 0 Å². The number of carbonyl (C=O) groups excluding carboxylic acids is 1. The van der Waals surface area contributed by atoms with E-state index in [1.807, 2.05) is 26.0 Å². The molecule has 0 aromatic carbocycles. The lowest BCUT2D eigenvalue weighted by Gasteiger charge is -2.03. The third-order valence-electron chi connectivity index (χ3n) is 3.41. The molecular formula is C19H39NO4. The van der Waals surface area contributed by atoms with Crippen molar-refractivity contribution in [3.8, 4) is 0 Å². The zero-order valence-electron chi connectivity index (χ0n) is 16.3. The van der Waals surface area contributed by atoms with Gasteiger partial charge in [0.15, 0.2) is 0 Å². The summed E-state index contributed by atoms with van der Waals surface area (Å²) in [7, 11) is 6.00. The van der Waals surface area contributed by atoms with E-state index in [0.717, 1.165) is 19.3 Å². The third-order valence-corrected chi connectivity index (χ3v) is 3.41. The van der Waals surface area contributed by atoms with E-state index in [1.165, 1.54) is 57.8 Å². The molecule has 5 nitrogen and oxygen atoms in total. The smallest absolute Gasteiger partial charge is 0.417 e. The highest BCUT2D eigenvalue weighted by Crippen LogP contribution is 2.11. The highest BCUT2D eigenvalue weighted by atomic mass is 16.6. The summed E-state index contributed by atoms with van der Waals surface area (Å²) in [6, 6.07) is 0. The second-order valence-corrected chi connectivity index (χ2v) is 6.67. The van der Waals surface area contributed by atoms with Crippen LogP contribution < -0.4 is 0 Å². The molecule has 0 saturated heterocycles. The lowest BCUT2D eigenvalue weighted by atomic mass is 10.1. The summed E-state index contributed by atoms with van der Waals surface area (Å²) in [6.45, 7) is 2.46. The Morgan fingerprint density at radius 2 is 1.08 bits per heavy atom. The number of hydrogen-bond donors (Lipinski definition) is 1. The fourth-order valence-electron chi connectivity index (χ4n) is 2.17. The molecule has 1 N–H and O–H groups in total. The van der Waals surface area contributed by atoms with Crippen molar-refractivity contribution >= 4 is 11.9 Å². The van der Waals surface area contributed by atoms with Crippen LogP contribution in [-0.4, -0.2) is 49.7 Å². The Labute approximate surface area is 148 Å². The summed E-state index contributed by atoms with van der Waals surface area (Å²) in [5.74, 6) is -2.66. The van der Waals surface area contributed by atoms with Crippen molar-refractivity contribution in [1.82, 2.24) is 4.90 Å². The maximum Gasteiger partial charge on any atom is 0.417 e. The minimum atomic E-state index is -1.51. The van der Waals surface area contributed by atoms with Gasteiger partial charge >= 0.3 is 11.9 Å². The number of unbranched alkanes of at least 4 members (excludes halogenated alkanes) is 11. The fraction of sp³-hybridized carbons (Fsp3) is 0.895. The van der Waals surface area contributed by atoms with Gasteiger partial charge in [-0.1, -0.05) is 77.6 Å². The van der Waals surface area contributed by atoms with Gasteiger partial charge in [-0.15, -0.1) is 0 Å². The summed E-state index contributed by atoms with van der Waals surface area (Å²) >= 11 is 0. The van der Waals surface area contributed by atoms with Crippen LogP contribution in [0.5, 0.6) is 0 Å². The van der Waals surface area contributed by atoms with Crippen LogP contribution in [0.2, 0.25) is 0 Å². The second kappa shape index (κ2) is 19.9. The van der Waals surface area contributed by atoms with Crippen molar-refractivity contribution in [1.29, 1.82) is 0 Å². The van der Waals surface area contributed by atoms with Crippen molar-refractivity contribution < 1.29 is 19.4 Å². The van der Waals surface area contributed by atoms with Gasteiger partial charge in [0.25, 0.3) is 0 Å². The Balaban J connectivity index is 0. The number of carboxylic acid groups (broad SMARTS) is 1. The van der Waals surface area contributed by atoms with Gasteiger partial charge in [0.05, 0.1) is 6.61 Å². The van der Waals surface area contributed by atoms with Gasteiger partial charge in [0.1, 0.15) is 0 Å².